The van der Waals surface area contributed by atoms with Crippen LogP contribution in [-0.4, -0.2) is 26.7 Å². The molecule has 138 valence electrons. The van der Waals surface area contributed by atoms with Crippen molar-refractivity contribution in [2.45, 2.75) is 19.4 Å². The molecule has 1 aliphatic heterocycles. The third-order valence-electron chi connectivity index (χ3n) is 4.68. The molecule has 2 aromatic heterocycles. The summed E-state index contributed by atoms with van der Waals surface area (Å²) in [7, 11) is 0. The van der Waals surface area contributed by atoms with Gasteiger partial charge in [0, 0.05) is 29.7 Å². The van der Waals surface area contributed by atoms with Crippen LogP contribution in [-0.2, 0) is 24.2 Å². The summed E-state index contributed by atoms with van der Waals surface area (Å²) in [6.07, 6.45) is 1.28. The SMILES string of the molecule is O=C(Cc1c(F)cccc1Cl)N1CCc2nc3ccc(F)cn3c(=O)c2C1. The molecule has 4 rings (SSSR count). The molecule has 5 nitrogen and oxygen atoms in total. The third kappa shape index (κ3) is 3.19. The second kappa shape index (κ2) is 6.74. The number of aromatic nitrogens is 2. The molecule has 0 bridgehead atoms. The van der Waals surface area contributed by atoms with E-state index in [4.69, 9.17) is 11.6 Å². The first-order valence-corrected chi connectivity index (χ1v) is 8.72. The van der Waals surface area contributed by atoms with Crippen LogP contribution in [0.2, 0.25) is 5.02 Å². The maximum absolute atomic E-state index is 13.9. The molecule has 0 spiro atoms. The minimum atomic E-state index is -0.552. The Kier molecular flexibility index (Phi) is 4.39. The number of benzene rings is 1. The van der Waals surface area contributed by atoms with Gasteiger partial charge in [-0.2, -0.15) is 0 Å². The van der Waals surface area contributed by atoms with Gasteiger partial charge in [0.1, 0.15) is 17.3 Å². The minimum absolute atomic E-state index is 0.0471. The highest BCUT2D eigenvalue weighted by molar-refractivity contribution is 6.31. The van der Waals surface area contributed by atoms with Gasteiger partial charge < -0.3 is 4.90 Å². The highest BCUT2D eigenvalue weighted by Crippen LogP contribution is 2.22. The summed E-state index contributed by atoms with van der Waals surface area (Å²) in [6, 6.07) is 6.92. The van der Waals surface area contributed by atoms with Crippen LogP contribution in [0, 0.1) is 11.6 Å². The van der Waals surface area contributed by atoms with E-state index < -0.39 is 17.2 Å². The van der Waals surface area contributed by atoms with Gasteiger partial charge in [-0.3, -0.25) is 14.0 Å². The number of hydrogen-bond donors (Lipinski definition) is 0. The first-order chi connectivity index (χ1) is 12.9. The average Bonchev–Trinajstić information content (AvgIpc) is 2.65. The van der Waals surface area contributed by atoms with Crippen molar-refractivity contribution in [3.05, 3.63) is 80.4 Å². The smallest absolute Gasteiger partial charge is 0.263 e. The molecular formula is C19H14ClF2N3O2. The van der Waals surface area contributed by atoms with Crippen molar-refractivity contribution in [2.24, 2.45) is 0 Å². The van der Waals surface area contributed by atoms with Crippen LogP contribution in [0.3, 0.4) is 0 Å². The number of carbonyl (C=O) groups is 1. The Balaban J connectivity index is 1.64. The highest BCUT2D eigenvalue weighted by Gasteiger charge is 2.26. The monoisotopic (exact) mass is 389 g/mol. The van der Waals surface area contributed by atoms with Crippen molar-refractivity contribution in [1.82, 2.24) is 14.3 Å². The standard InChI is InChI=1S/C19H14ClF2N3O2/c20-14-2-1-3-15(22)12(14)8-18(26)24-7-6-16-13(10-24)19(27)25-9-11(21)4-5-17(25)23-16/h1-5,9H,6-8,10H2. The van der Waals surface area contributed by atoms with Crippen molar-refractivity contribution in [3.8, 4) is 0 Å². The van der Waals surface area contributed by atoms with E-state index in [1.165, 1.54) is 35.2 Å². The first-order valence-electron chi connectivity index (χ1n) is 8.34. The summed E-state index contributed by atoms with van der Waals surface area (Å²) in [5.41, 5.74) is 1.02. The van der Waals surface area contributed by atoms with Gasteiger partial charge in [-0.05, 0) is 24.3 Å². The van der Waals surface area contributed by atoms with Crippen LogP contribution in [0.5, 0.6) is 0 Å². The van der Waals surface area contributed by atoms with Gasteiger partial charge in [0.25, 0.3) is 5.56 Å². The first kappa shape index (κ1) is 17.6. The zero-order valence-corrected chi connectivity index (χ0v) is 14.8. The summed E-state index contributed by atoms with van der Waals surface area (Å²) in [4.78, 5) is 31.2. The van der Waals surface area contributed by atoms with Crippen molar-refractivity contribution in [1.29, 1.82) is 0 Å². The fraction of sp³-hybridized carbons (Fsp3) is 0.211. The zero-order chi connectivity index (χ0) is 19.1. The summed E-state index contributed by atoms with van der Waals surface area (Å²) in [6.45, 7) is 0.410. The maximum Gasteiger partial charge on any atom is 0.263 e. The number of carbonyl (C=O) groups excluding carboxylic acids is 1. The molecule has 0 unspecified atom stereocenters. The fourth-order valence-corrected chi connectivity index (χ4v) is 3.48. The fourth-order valence-electron chi connectivity index (χ4n) is 3.25. The van der Waals surface area contributed by atoms with E-state index in [1.807, 2.05) is 0 Å². The molecule has 1 aromatic carbocycles. The summed E-state index contributed by atoms with van der Waals surface area (Å²) in [5.74, 6) is -1.43. The van der Waals surface area contributed by atoms with Gasteiger partial charge in [-0.1, -0.05) is 17.7 Å². The number of nitrogens with zero attached hydrogens (tertiary/aromatic N) is 3. The Morgan fingerprint density at radius 2 is 2.04 bits per heavy atom. The Bertz CT molecular complexity index is 1110. The minimum Gasteiger partial charge on any atom is -0.337 e. The van der Waals surface area contributed by atoms with E-state index in [2.05, 4.69) is 4.98 Å². The van der Waals surface area contributed by atoms with Gasteiger partial charge >= 0.3 is 0 Å². The number of rotatable bonds is 2. The molecule has 0 N–H and O–H groups in total. The lowest BCUT2D eigenvalue weighted by molar-refractivity contribution is -0.131. The molecule has 1 amide bonds. The number of pyridine rings is 1. The molecule has 0 fully saturated rings. The molecular weight excluding hydrogens is 376 g/mol. The van der Waals surface area contributed by atoms with Gasteiger partial charge in [-0.25, -0.2) is 13.8 Å². The largest absolute Gasteiger partial charge is 0.337 e. The quantitative estimate of drug-likeness (QED) is 0.677. The molecule has 0 atom stereocenters. The van der Waals surface area contributed by atoms with Crippen LogP contribution in [0.15, 0.2) is 41.3 Å². The lowest BCUT2D eigenvalue weighted by Gasteiger charge is -2.28. The molecule has 0 saturated heterocycles. The van der Waals surface area contributed by atoms with E-state index >= 15 is 0 Å². The van der Waals surface area contributed by atoms with E-state index in [-0.39, 0.29) is 29.5 Å². The summed E-state index contributed by atoms with van der Waals surface area (Å²) < 4.78 is 28.5. The Hall–Kier alpha value is -2.80. The number of fused-ring (bicyclic) bond motifs is 2. The van der Waals surface area contributed by atoms with Gasteiger partial charge in [-0.15, -0.1) is 0 Å². The topological polar surface area (TPSA) is 54.7 Å². The van der Waals surface area contributed by atoms with Gasteiger partial charge in [0.15, 0.2) is 0 Å². The Morgan fingerprint density at radius 1 is 1.22 bits per heavy atom. The van der Waals surface area contributed by atoms with Crippen molar-refractivity contribution >= 4 is 23.2 Å². The van der Waals surface area contributed by atoms with Crippen LogP contribution in [0.1, 0.15) is 16.8 Å². The van der Waals surface area contributed by atoms with Crippen molar-refractivity contribution in [2.75, 3.05) is 6.54 Å². The maximum atomic E-state index is 13.9. The Labute approximate surface area is 157 Å². The van der Waals surface area contributed by atoms with Crippen molar-refractivity contribution < 1.29 is 13.6 Å². The molecule has 8 heteroatoms. The molecule has 1 aliphatic rings. The predicted octanol–water partition coefficient (Wildman–Crippen LogP) is 2.75. The van der Waals surface area contributed by atoms with Crippen LogP contribution in [0.25, 0.3) is 5.65 Å². The van der Waals surface area contributed by atoms with E-state index in [0.717, 1.165) is 10.6 Å². The van der Waals surface area contributed by atoms with Crippen LogP contribution in [0.4, 0.5) is 8.78 Å². The van der Waals surface area contributed by atoms with Gasteiger partial charge in [0.05, 0.1) is 24.2 Å². The lowest BCUT2D eigenvalue weighted by atomic mass is 10.0. The molecule has 0 aliphatic carbocycles. The number of hydrogen-bond acceptors (Lipinski definition) is 3. The summed E-state index contributed by atoms with van der Waals surface area (Å²) in [5, 5.41) is 0.184. The van der Waals surface area contributed by atoms with E-state index in [0.29, 0.717) is 29.9 Å². The summed E-state index contributed by atoms with van der Waals surface area (Å²) >= 11 is 5.99. The molecule has 3 aromatic rings. The normalized spacial score (nSPS) is 13.7. The van der Waals surface area contributed by atoms with Crippen molar-refractivity contribution in [3.63, 3.8) is 0 Å². The average molecular weight is 390 g/mol. The molecule has 0 radical (unpaired) electrons. The second-order valence-corrected chi connectivity index (χ2v) is 6.77. The Morgan fingerprint density at radius 3 is 2.81 bits per heavy atom. The van der Waals surface area contributed by atoms with Crippen LogP contribution >= 0.6 is 11.6 Å². The zero-order valence-electron chi connectivity index (χ0n) is 14.1. The molecule has 27 heavy (non-hydrogen) atoms. The second-order valence-electron chi connectivity index (χ2n) is 6.36. The lowest BCUT2D eigenvalue weighted by Crippen LogP contribution is -2.41. The number of halogens is 3. The van der Waals surface area contributed by atoms with E-state index in [9.17, 15) is 18.4 Å². The van der Waals surface area contributed by atoms with E-state index in [1.54, 1.807) is 0 Å². The third-order valence-corrected chi connectivity index (χ3v) is 5.03. The highest BCUT2D eigenvalue weighted by atomic mass is 35.5. The molecule has 3 heterocycles. The van der Waals surface area contributed by atoms with Crippen LogP contribution < -0.4 is 5.56 Å². The number of amides is 1. The molecule has 0 saturated carbocycles. The van der Waals surface area contributed by atoms with Gasteiger partial charge in [0.2, 0.25) is 5.91 Å². The predicted molar refractivity (Wildman–Crippen MR) is 95.7 cm³/mol.